The third-order valence-electron chi connectivity index (χ3n) is 2.18. The minimum atomic E-state index is 0.795. The highest BCUT2D eigenvalue weighted by Crippen LogP contribution is 2.29. The van der Waals surface area contributed by atoms with Crippen molar-refractivity contribution in [1.29, 1.82) is 0 Å². The van der Waals surface area contributed by atoms with E-state index in [0.717, 1.165) is 24.1 Å². The summed E-state index contributed by atoms with van der Waals surface area (Å²) in [6, 6.07) is 3.86. The molecule has 1 fully saturated rings. The van der Waals surface area contributed by atoms with Crippen molar-refractivity contribution in [3.8, 4) is 5.75 Å². The molecule has 0 saturated heterocycles. The van der Waals surface area contributed by atoms with E-state index in [2.05, 4.69) is 10.3 Å². The molecule has 0 bridgehead atoms. The Hall–Kier alpha value is -1.25. The van der Waals surface area contributed by atoms with Crippen molar-refractivity contribution in [2.45, 2.75) is 12.8 Å². The molecule has 0 aliphatic heterocycles. The van der Waals surface area contributed by atoms with Crippen LogP contribution < -0.4 is 10.1 Å². The molecule has 1 heterocycles. The zero-order chi connectivity index (χ0) is 9.10. The van der Waals surface area contributed by atoms with Crippen molar-refractivity contribution in [2.75, 3.05) is 19.0 Å². The maximum absolute atomic E-state index is 5.54. The van der Waals surface area contributed by atoms with Crippen molar-refractivity contribution in [1.82, 2.24) is 4.98 Å². The van der Waals surface area contributed by atoms with Gasteiger partial charge in [-0.15, -0.1) is 0 Å². The summed E-state index contributed by atoms with van der Waals surface area (Å²) in [5.41, 5.74) is 0. The molecule has 0 atom stereocenters. The van der Waals surface area contributed by atoms with Crippen LogP contribution in [0.5, 0.6) is 5.75 Å². The Balaban J connectivity index is 1.88. The van der Waals surface area contributed by atoms with Gasteiger partial charge in [0.2, 0.25) is 0 Å². The number of anilines is 1. The molecule has 70 valence electrons. The zero-order valence-corrected chi connectivity index (χ0v) is 7.79. The monoisotopic (exact) mass is 178 g/mol. The van der Waals surface area contributed by atoms with Gasteiger partial charge in [-0.25, -0.2) is 4.98 Å². The Morgan fingerprint density at radius 3 is 2.92 bits per heavy atom. The maximum atomic E-state index is 5.54. The topological polar surface area (TPSA) is 34.1 Å². The molecular formula is C10H14N2O. The van der Waals surface area contributed by atoms with Gasteiger partial charge < -0.3 is 10.1 Å². The molecule has 0 radical (unpaired) electrons. The van der Waals surface area contributed by atoms with E-state index >= 15 is 0 Å². The molecule has 1 aliphatic carbocycles. The number of nitrogens with one attached hydrogen (secondary N) is 1. The lowest BCUT2D eigenvalue weighted by molar-refractivity contribution is 0.299. The average Bonchev–Trinajstić information content (AvgIpc) is 2.99. The van der Waals surface area contributed by atoms with E-state index in [4.69, 9.17) is 4.74 Å². The second-order valence-corrected chi connectivity index (χ2v) is 3.38. The molecule has 3 nitrogen and oxygen atoms in total. The second-order valence-electron chi connectivity index (χ2n) is 3.38. The van der Waals surface area contributed by atoms with Crippen LogP contribution in [-0.4, -0.2) is 18.6 Å². The van der Waals surface area contributed by atoms with Gasteiger partial charge in [-0.1, -0.05) is 0 Å². The third kappa shape index (κ3) is 2.34. The van der Waals surface area contributed by atoms with Gasteiger partial charge in [-0.3, -0.25) is 0 Å². The van der Waals surface area contributed by atoms with E-state index in [1.165, 1.54) is 12.8 Å². The van der Waals surface area contributed by atoms with Crippen LogP contribution in [-0.2, 0) is 0 Å². The first-order valence-corrected chi connectivity index (χ1v) is 4.65. The van der Waals surface area contributed by atoms with Crippen LogP contribution in [0, 0.1) is 5.92 Å². The SMILES string of the molecule is CNc1ccc(OCC2CC2)cn1. The number of nitrogens with zero attached hydrogens (tertiary/aromatic N) is 1. The normalized spacial score (nSPS) is 15.5. The van der Waals surface area contributed by atoms with Crippen LogP contribution in [0.15, 0.2) is 18.3 Å². The van der Waals surface area contributed by atoms with Crippen LogP contribution in [0.2, 0.25) is 0 Å². The van der Waals surface area contributed by atoms with Crippen molar-refractivity contribution in [3.63, 3.8) is 0 Å². The van der Waals surface area contributed by atoms with Crippen molar-refractivity contribution in [2.24, 2.45) is 5.92 Å². The summed E-state index contributed by atoms with van der Waals surface area (Å²) < 4.78 is 5.54. The zero-order valence-electron chi connectivity index (χ0n) is 7.79. The molecular weight excluding hydrogens is 164 g/mol. The lowest BCUT2D eigenvalue weighted by Gasteiger charge is -2.04. The lowest BCUT2D eigenvalue weighted by Crippen LogP contribution is -1.99. The molecule has 1 N–H and O–H groups in total. The molecule has 0 aromatic carbocycles. The highest BCUT2D eigenvalue weighted by atomic mass is 16.5. The number of pyridine rings is 1. The average molecular weight is 178 g/mol. The fraction of sp³-hybridized carbons (Fsp3) is 0.500. The van der Waals surface area contributed by atoms with Gasteiger partial charge >= 0.3 is 0 Å². The fourth-order valence-electron chi connectivity index (χ4n) is 1.11. The van der Waals surface area contributed by atoms with Crippen molar-refractivity contribution < 1.29 is 4.74 Å². The highest BCUT2D eigenvalue weighted by Gasteiger charge is 2.21. The van der Waals surface area contributed by atoms with Crippen LogP contribution in [0.1, 0.15) is 12.8 Å². The van der Waals surface area contributed by atoms with Gasteiger partial charge in [0.1, 0.15) is 11.6 Å². The van der Waals surface area contributed by atoms with E-state index in [0.29, 0.717) is 0 Å². The van der Waals surface area contributed by atoms with Gasteiger partial charge in [-0.05, 0) is 30.9 Å². The summed E-state index contributed by atoms with van der Waals surface area (Å²) in [6.45, 7) is 0.848. The minimum absolute atomic E-state index is 0.795. The smallest absolute Gasteiger partial charge is 0.137 e. The van der Waals surface area contributed by atoms with Gasteiger partial charge in [0.25, 0.3) is 0 Å². The molecule has 1 aliphatic rings. The van der Waals surface area contributed by atoms with E-state index in [1.807, 2.05) is 19.2 Å². The summed E-state index contributed by atoms with van der Waals surface area (Å²) in [6.07, 6.45) is 4.40. The molecule has 0 spiro atoms. The molecule has 1 saturated carbocycles. The molecule has 2 rings (SSSR count). The van der Waals surface area contributed by atoms with E-state index < -0.39 is 0 Å². The van der Waals surface area contributed by atoms with Crippen LogP contribution in [0.25, 0.3) is 0 Å². The van der Waals surface area contributed by atoms with E-state index in [9.17, 15) is 0 Å². The van der Waals surface area contributed by atoms with Crippen LogP contribution in [0.4, 0.5) is 5.82 Å². The Kier molecular flexibility index (Phi) is 2.34. The lowest BCUT2D eigenvalue weighted by atomic mass is 10.4. The maximum Gasteiger partial charge on any atom is 0.137 e. The number of rotatable bonds is 4. The number of ether oxygens (including phenoxy) is 1. The first-order chi connectivity index (χ1) is 6.38. The van der Waals surface area contributed by atoms with E-state index in [1.54, 1.807) is 6.20 Å². The summed E-state index contributed by atoms with van der Waals surface area (Å²) in [4.78, 5) is 4.16. The molecule has 0 amide bonds. The summed E-state index contributed by atoms with van der Waals surface area (Å²) >= 11 is 0. The molecule has 0 unspecified atom stereocenters. The quantitative estimate of drug-likeness (QED) is 0.764. The van der Waals surface area contributed by atoms with Crippen LogP contribution in [0.3, 0.4) is 0 Å². The Morgan fingerprint density at radius 2 is 2.38 bits per heavy atom. The van der Waals surface area contributed by atoms with Crippen molar-refractivity contribution in [3.05, 3.63) is 18.3 Å². The van der Waals surface area contributed by atoms with Gasteiger partial charge in [0.15, 0.2) is 0 Å². The summed E-state index contributed by atoms with van der Waals surface area (Å²) in [7, 11) is 1.85. The number of hydrogen-bond donors (Lipinski definition) is 1. The molecule has 13 heavy (non-hydrogen) atoms. The van der Waals surface area contributed by atoms with Gasteiger partial charge in [0.05, 0.1) is 12.8 Å². The van der Waals surface area contributed by atoms with Gasteiger partial charge in [0, 0.05) is 7.05 Å². The number of aromatic nitrogens is 1. The Labute approximate surface area is 78.1 Å². The Morgan fingerprint density at radius 1 is 1.54 bits per heavy atom. The third-order valence-corrected chi connectivity index (χ3v) is 2.18. The largest absolute Gasteiger partial charge is 0.492 e. The van der Waals surface area contributed by atoms with E-state index in [-0.39, 0.29) is 0 Å². The first kappa shape index (κ1) is 8.35. The number of hydrogen-bond acceptors (Lipinski definition) is 3. The first-order valence-electron chi connectivity index (χ1n) is 4.65. The predicted molar refractivity (Wildman–Crippen MR) is 52.0 cm³/mol. The highest BCUT2D eigenvalue weighted by molar-refractivity contribution is 5.36. The molecule has 1 aromatic heterocycles. The standard InChI is InChI=1S/C10H14N2O/c1-11-10-5-4-9(6-12-10)13-7-8-2-3-8/h4-6,8H,2-3,7H2,1H3,(H,11,12). The summed E-state index contributed by atoms with van der Waals surface area (Å²) in [5.74, 6) is 2.54. The predicted octanol–water partition coefficient (Wildman–Crippen LogP) is 1.91. The fourth-order valence-corrected chi connectivity index (χ4v) is 1.11. The second kappa shape index (κ2) is 3.64. The van der Waals surface area contributed by atoms with Crippen molar-refractivity contribution >= 4 is 5.82 Å². The van der Waals surface area contributed by atoms with Gasteiger partial charge in [-0.2, -0.15) is 0 Å². The molecule has 3 heteroatoms. The molecule has 1 aromatic rings. The minimum Gasteiger partial charge on any atom is -0.492 e. The summed E-state index contributed by atoms with van der Waals surface area (Å²) in [5, 5.41) is 2.96. The van der Waals surface area contributed by atoms with Crippen LogP contribution >= 0.6 is 0 Å². The Bertz CT molecular complexity index is 267.